The van der Waals surface area contributed by atoms with Gasteiger partial charge in [-0.15, -0.1) is 0 Å². The molecular formula is C14H14ClN3O3. The number of carbonyl (C=O) groups is 2. The molecule has 0 aliphatic carbocycles. The smallest absolute Gasteiger partial charge is 0.337 e. The Hall–Kier alpha value is -2.34. The van der Waals surface area contributed by atoms with E-state index in [-0.39, 0.29) is 16.5 Å². The van der Waals surface area contributed by atoms with Crippen molar-refractivity contribution in [2.45, 2.75) is 13.3 Å². The Morgan fingerprint density at radius 1 is 1.38 bits per heavy atom. The molecule has 21 heavy (non-hydrogen) atoms. The van der Waals surface area contributed by atoms with E-state index >= 15 is 0 Å². The molecule has 1 aromatic heterocycles. The van der Waals surface area contributed by atoms with Gasteiger partial charge in [0.15, 0.2) is 0 Å². The number of hydrogen-bond donors (Lipinski definition) is 2. The van der Waals surface area contributed by atoms with Crippen LogP contribution < -0.4 is 5.32 Å². The second kappa shape index (κ2) is 5.97. The number of hydrogen-bond acceptors (Lipinski definition) is 3. The minimum atomic E-state index is -1.11. The fraction of sp³-hybridized carbons (Fsp3) is 0.214. The van der Waals surface area contributed by atoms with Gasteiger partial charge in [-0.3, -0.25) is 9.48 Å². The van der Waals surface area contributed by atoms with Crippen LogP contribution in [0.15, 0.2) is 24.4 Å². The molecule has 0 unspecified atom stereocenters. The minimum Gasteiger partial charge on any atom is -0.478 e. The normalized spacial score (nSPS) is 10.4. The number of amides is 1. The van der Waals surface area contributed by atoms with Crippen LogP contribution in [0.2, 0.25) is 5.02 Å². The van der Waals surface area contributed by atoms with Gasteiger partial charge in [0.25, 0.3) is 5.91 Å². The zero-order valence-electron chi connectivity index (χ0n) is 11.6. The van der Waals surface area contributed by atoms with E-state index in [1.54, 1.807) is 17.9 Å². The number of aromatic nitrogens is 2. The average Bonchev–Trinajstić information content (AvgIpc) is 2.79. The van der Waals surface area contributed by atoms with Crippen LogP contribution in [-0.2, 0) is 13.5 Å². The first-order valence-electron chi connectivity index (χ1n) is 6.29. The van der Waals surface area contributed by atoms with Gasteiger partial charge in [-0.05, 0) is 24.6 Å². The van der Waals surface area contributed by atoms with Crippen molar-refractivity contribution in [1.29, 1.82) is 0 Å². The van der Waals surface area contributed by atoms with Crippen molar-refractivity contribution in [3.63, 3.8) is 0 Å². The molecule has 0 saturated heterocycles. The molecule has 0 aliphatic heterocycles. The van der Waals surface area contributed by atoms with Gasteiger partial charge in [0, 0.05) is 18.9 Å². The molecule has 0 atom stereocenters. The first kappa shape index (κ1) is 15.1. The molecule has 0 spiro atoms. The number of halogens is 1. The molecule has 2 aromatic rings. The van der Waals surface area contributed by atoms with Crippen molar-refractivity contribution < 1.29 is 14.7 Å². The van der Waals surface area contributed by atoms with Gasteiger partial charge >= 0.3 is 5.97 Å². The van der Waals surface area contributed by atoms with Crippen LogP contribution in [0.1, 0.15) is 33.3 Å². The lowest BCUT2D eigenvalue weighted by Gasteiger charge is -2.06. The lowest BCUT2D eigenvalue weighted by atomic mass is 10.1. The summed E-state index contributed by atoms with van der Waals surface area (Å²) in [5.41, 5.74) is 1.60. The molecule has 1 heterocycles. The monoisotopic (exact) mass is 307 g/mol. The van der Waals surface area contributed by atoms with Crippen LogP contribution in [0.25, 0.3) is 0 Å². The maximum absolute atomic E-state index is 12.2. The number of aromatic carboxylic acids is 1. The lowest BCUT2D eigenvalue weighted by molar-refractivity contribution is 0.0697. The molecule has 6 nitrogen and oxygen atoms in total. The Morgan fingerprint density at radius 2 is 2.10 bits per heavy atom. The number of nitrogens with one attached hydrogen (secondary N) is 1. The second-order valence-corrected chi connectivity index (χ2v) is 4.88. The van der Waals surface area contributed by atoms with Crippen molar-refractivity contribution in [3.8, 4) is 0 Å². The van der Waals surface area contributed by atoms with E-state index in [1.165, 1.54) is 18.2 Å². The largest absolute Gasteiger partial charge is 0.478 e. The van der Waals surface area contributed by atoms with Crippen molar-refractivity contribution in [2.75, 3.05) is 5.32 Å². The second-order valence-electron chi connectivity index (χ2n) is 4.47. The molecule has 0 fully saturated rings. The highest BCUT2D eigenvalue weighted by Gasteiger charge is 2.15. The number of carboxylic acids is 1. The Balaban J connectivity index is 2.23. The molecule has 1 aromatic carbocycles. The number of anilines is 1. The van der Waals surface area contributed by atoms with Crippen molar-refractivity contribution in [1.82, 2.24) is 9.78 Å². The highest BCUT2D eigenvalue weighted by Crippen LogP contribution is 2.21. The zero-order valence-corrected chi connectivity index (χ0v) is 12.3. The van der Waals surface area contributed by atoms with E-state index in [2.05, 4.69) is 10.4 Å². The first-order valence-corrected chi connectivity index (χ1v) is 6.67. The van der Waals surface area contributed by atoms with Crippen LogP contribution in [0.4, 0.5) is 5.69 Å². The number of carboxylic acid groups (broad SMARTS) is 1. The van der Waals surface area contributed by atoms with E-state index in [1.807, 2.05) is 6.92 Å². The van der Waals surface area contributed by atoms with Gasteiger partial charge in [-0.2, -0.15) is 5.10 Å². The Bertz CT molecular complexity index is 709. The van der Waals surface area contributed by atoms with E-state index in [4.69, 9.17) is 16.7 Å². The molecular weight excluding hydrogens is 294 g/mol. The number of aryl methyl sites for hydroxylation is 2. The number of carbonyl (C=O) groups excluding carboxylic acids is 1. The third-order valence-electron chi connectivity index (χ3n) is 2.94. The predicted molar refractivity (Wildman–Crippen MR) is 79.0 cm³/mol. The van der Waals surface area contributed by atoms with Crippen LogP contribution >= 0.6 is 11.6 Å². The topological polar surface area (TPSA) is 84.2 Å². The van der Waals surface area contributed by atoms with Gasteiger partial charge in [0.05, 0.1) is 21.8 Å². The van der Waals surface area contributed by atoms with Crippen molar-refractivity contribution in [3.05, 3.63) is 46.2 Å². The Morgan fingerprint density at radius 3 is 2.67 bits per heavy atom. The number of rotatable bonds is 4. The quantitative estimate of drug-likeness (QED) is 0.909. The molecule has 1 amide bonds. The minimum absolute atomic E-state index is 0.00899. The van der Waals surface area contributed by atoms with Crippen LogP contribution in [0, 0.1) is 0 Å². The predicted octanol–water partition coefficient (Wildman–Crippen LogP) is 2.59. The third-order valence-corrected chi connectivity index (χ3v) is 3.25. The summed E-state index contributed by atoms with van der Waals surface area (Å²) >= 11 is 5.87. The molecule has 0 bridgehead atoms. The summed E-state index contributed by atoms with van der Waals surface area (Å²) in [7, 11) is 1.74. The van der Waals surface area contributed by atoms with Crippen molar-refractivity contribution in [2.24, 2.45) is 7.05 Å². The van der Waals surface area contributed by atoms with Crippen LogP contribution in [0.3, 0.4) is 0 Å². The van der Waals surface area contributed by atoms with E-state index < -0.39 is 5.97 Å². The summed E-state index contributed by atoms with van der Waals surface area (Å²) < 4.78 is 1.58. The SMILES string of the molecule is CCc1nn(C)cc1C(=O)Nc1ccc(C(=O)O)c(Cl)c1. The highest BCUT2D eigenvalue weighted by atomic mass is 35.5. The summed E-state index contributed by atoms with van der Waals surface area (Å²) in [4.78, 5) is 23.1. The van der Waals surface area contributed by atoms with Gasteiger partial charge in [0.2, 0.25) is 0 Å². The lowest BCUT2D eigenvalue weighted by Crippen LogP contribution is -2.13. The van der Waals surface area contributed by atoms with E-state index in [9.17, 15) is 9.59 Å². The van der Waals surface area contributed by atoms with Crippen LogP contribution in [0.5, 0.6) is 0 Å². The molecule has 110 valence electrons. The Labute approximate surface area is 126 Å². The fourth-order valence-electron chi connectivity index (χ4n) is 1.95. The Kier molecular flexibility index (Phi) is 4.28. The number of nitrogens with zero attached hydrogens (tertiary/aromatic N) is 2. The summed E-state index contributed by atoms with van der Waals surface area (Å²) in [5, 5.41) is 15.9. The maximum Gasteiger partial charge on any atom is 0.337 e. The third kappa shape index (κ3) is 3.22. The fourth-order valence-corrected chi connectivity index (χ4v) is 2.21. The molecule has 2 N–H and O–H groups in total. The van der Waals surface area contributed by atoms with Gasteiger partial charge in [-0.1, -0.05) is 18.5 Å². The van der Waals surface area contributed by atoms with E-state index in [0.717, 1.165) is 0 Å². The van der Waals surface area contributed by atoms with Gasteiger partial charge in [-0.25, -0.2) is 4.79 Å². The molecule has 7 heteroatoms. The summed E-state index contributed by atoms with van der Waals surface area (Å²) in [6.07, 6.45) is 2.28. The molecule has 0 saturated carbocycles. The zero-order chi connectivity index (χ0) is 15.6. The van der Waals surface area contributed by atoms with Crippen molar-refractivity contribution >= 4 is 29.2 Å². The standard InChI is InChI=1S/C14H14ClN3O3/c1-3-12-10(7-18(2)17-12)13(19)16-8-4-5-9(14(20)21)11(15)6-8/h4-7H,3H2,1-2H3,(H,16,19)(H,20,21). The first-order chi connectivity index (χ1) is 9.92. The summed E-state index contributed by atoms with van der Waals surface area (Å²) in [6.45, 7) is 1.91. The highest BCUT2D eigenvalue weighted by molar-refractivity contribution is 6.33. The van der Waals surface area contributed by atoms with Gasteiger partial charge < -0.3 is 10.4 Å². The summed E-state index contributed by atoms with van der Waals surface area (Å²) in [6, 6.07) is 4.25. The molecule has 0 radical (unpaired) electrons. The van der Waals surface area contributed by atoms with Crippen LogP contribution in [-0.4, -0.2) is 26.8 Å². The summed E-state index contributed by atoms with van der Waals surface area (Å²) in [5.74, 6) is -1.42. The van der Waals surface area contributed by atoms with E-state index in [0.29, 0.717) is 23.4 Å². The average molecular weight is 308 g/mol. The molecule has 0 aliphatic rings. The maximum atomic E-state index is 12.2. The molecule has 2 rings (SSSR count). The number of benzene rings is 1. The van der Waals surface area contributed by atoms with Gasteiger partial charge in [0.1, 0.15) is 0 Å².